The van der Waals surface area contributed by atoms with E-state index in [4.69, 9.17) is 9.47 Å². The minimum Gasteiger partial charge on any atom is -0.454 e. The van der Waals surface area contributed by atoms with Crippen molar-refractivity contribution >= 4 is 41.0 Å². The number of hydrogen-bond acceptors (Lipinski definition) is 5. The van der Waals surface area contributed by atoms with Crippen LogP contribution in [0.15, 0.2) is 51.6 Å². The number of allylic oxidation sites excluding steroid dienone is 2. The van der Waals surface area contributed by atoms with Crippen molar-refractivity contribution in [2.45, 2.75) is 6.92 Å². The van der Waals surface area contributed by atoms with Crippen LogP contribution in [0.4, 0.5) is 4.39 Å². The highest BCUT2D eigenvalue weighted by Gasteiger charge is 2.30. The van der Waals surface area contributed by atoms with Crippen LogP contribution in [0, 0.1) is 5.82 Å². The first-order chi connectivity index (χ1) is 12.7. The topological polar surface area (TPSA) is 35.5 Å². The zero-order chi connectivity index (χ0) is 18.1. The molecule has 0 atom stereocenters. The van der Waals surface area contributed by atoms with Crippen molar-refractivity contribution < 1.29 is 18.7 Å². The van der Waals surface area contributed by atoms with E-state index in [1.807, 2.05) is 31.2 Å². The van der Waals surface area contributed by atoms with Gasteiger partial charge in [0.25, 0.3) is 0 Å². The SMILES string of the molecule is CCSC1=C(c2ccc(F)cc2)C(=O)/C(=C/c2ccc3c(c2)OCO3)S1. The van der Waals surface area contributed by atoms with Gasteiger partial charge in [-0.15, -0.1) is 11.8 Å². The molecule has 0 bridgehead atoms. The molecule has 0 spiro atoms. The Morgan fingerprint density at radius 1 is 1.15 bits per heavy atom. The van der Waals surface area contributed by atoms with Gasteiger partial charge >= 0.3 is 0 Å². The summed E-state index contributed by atoms with van der Waals surface area (Å²) < 4.78 is 24.9. The molecule has 0 aromatic heterocycles. The predicted molar refractivity (Wildman–Crippen MR) is 105 cm³/mol. The van der Waals surface area contributed by atoms with Gasteiger partial charge in [-0.2, -0.15) is 0 Å². The zero-order valence-electron chi connectivity index (χ0n) is 14.0. The van der Waals surface area contributed by atoms with Crippen molar-refractivity contribution in [2.24, 2.45) is 0 Å². The molecule has 0 amide bonds. The standard InChI is InChI=1S/C20H15FO3S2/c1-2-25-20-18(13-4-6-14(21)7-5-13)19(22)17(26-20)10-12-3-8-15-16(9-12)24-11-23-15/h3-10H,2,11H2,1H3/b17-10-. The highest BCUT2D eigenvalue weighted by Crippen LogP contribution is 2.49. The number of carbonyl (C=O) groups is 1. The summed E-state index contributed by atoms with van der Waals surface area (Å²) in [5.74, 6) is 1.91. The van der Waals surface area contributed by atoms with E-state index < -0.39 is 0 Å². The van der Waals surface area contributed by atoms with Crippen molar-refractivity contribution in [3.05, 3.63) is 68.6 Å². The third-order valence-electron chi connectivity index (χ3n) is 3.96. The van der Waals surface area contributed by atoms with Crippen LogP contribution in [0.25, 0.3) is 11.6 Å². The van der Waals surface area contributed by atoms with Gasteiger partial charge in [0.15, 0.2) is 11.5 Å². The van der Waals surface area contributed by atoms with Crippen LogP contribution < -0.4 is 9.47 Å². The van der Waals surface area contributed by atoms with E-state index in [2.05, 4.69) is 0 Å². The van der Waals surface area contributed by atoms with Gasteiger partial charge in [-0.05, 0) is 47.2 Å². The second-order valence-electron chi connectivity index (χ2n) is 5.65. The summed E-state index contributed by atoms with van der Waals surface area (Å²) in [5.41, 5.74) is 2.27. The van der Waals surface area contributed by atoms with Gasteiger partial charge in [0.2, 0.25) is 12.6 Å². The number of Topliss-reactive ketones (excluding diaryl/α,β-unsaturated/α-hetero) is 1. The summed E-state index contributed by atoms with van der Waals surface area (Å²) in [7, 11) is 0. The van der Waals surface area contributed by atoms with E-state index in [9.17, 15) is 9.18 Å². The first-order valence-corrected chi connectivity index (χ1v) is 9.93. The van der Waals surface area contributed by atoms with Crippen LogP contribution in [0.5, 0.6) is 11.5 Å². The lowest BCUT2D eigenvalue weighted by atomic mass is 10.0. The second-order valence-corrected chi connectivity index (χ2v) is 8.24. The maximum atomic E-state index is 13.2. The van der Waals surface area contributed by atoms with Gasteiger partial charge in [0.05, 0.1) is 14.7 Å². The molecule has 2 aliphatic rings. The molecule has 0 saturated carbocycles. The Bertz CT molecular complexity index is 933. The summed E-state index contributed by atoms with van der Waals surface area (Å²) >= 11 is 3.09. The maximum Gasteiger partial charge on any atom is 0.231 e. The van der Waals surface area contributed by atoms with Crippen molar-refractivity contribution in [1.29, 1.82) is 0 Å². The second kappa shape index (κ2) is 7.21. The van der Waals surface area contributed by atoms with Crippen LogP contribution in [-0.4, -0.2) is 18.3 Å². The number of halogens is 1. The number of ketones is 1. The summed E-state index contributed by atoms with van der Waals surface area (Å²) in [6.07, 6.45) is 1.86. The van der Waals surface area contributed by atoms with Crippen LogP contribution in [-0.2, 0) is 4.79 Å². The average molecular weight is 386 g/mol. The van der Waals surface area contributed by atoms with E-state index in [1.165, 1.54) is 23.9 Å². The molecular weight excluding hydrogens is 371 g/mol. The van der Waals surface area contributed by atoms with Gasteiger partial charge in [-0.1, -0.05) is 36.9 Å². The lowest BCUT2D eigenvalue weighted by Gasteiger charge is -2.03. The van der Waals surface area contributed by atoms with E-state index >= 15 is 0 Å². The number of carbonyl (C=O) groups excluding carboxylic acids is 1. The van der Waals surface area contributed by atoms with Crippen molar-refractivity contribution in [3.8, 4) is 11.5 Å². The van der Waals surface area contributed by atoms with Crippen molar-refractivity contribution in [1.82, 2.24) is 0 Å². The maximum absolute atomic E-state index is 13.2. The van der Waals surface area contributed by atoms with E-state index in [0.717, 1.165) is 21.1 Å². The Balaban J connectivity index is 1.68. The fraction of sp³-hybridized carbons (Fsp3) is 0.150. The first kappa shape index (κ1) is 17.2. The van der Waals surface area contributed by atoms with Crippen LogP contribution in [0.2, 0.25) is 0 Å². The smallest absolute Gasteiger partial charge is 0.231 e. The lowest BCUT2D eigenvalue weighted by Crippen LogP contribution is -1.98. The molecule has 6 heteroatoms. The minimum atomic E-state index is -0.312. The highest BCUT2D eigenvalue weighted by molar-refractivity contribution is 8.25. The van der Waals surface area contributed by atoms with Crippen molar-refractivity contribution in [3.63, 3.8) is 0 Å². The molecule has 0 saturated heterocycles. The summed E-state index contributed by atoms with van der Waals surface area (Å²) in [6.45, 7) is 2.27. The van der Waals surface area contributed by atoms with E-state index in [0.29, 0.717) is 22.0 Å². The molecule has 0 radical (unpaired) electrons. The number of thioether (sulfide) groups is 2. The molecule has 0 N–H and O–H groups in total. The first-order valence-electron chi connectivity index (χ1n) is 8.12. The monoisotopic (exact) mass is 386 g/mol. The molecule has 2 heterocycles. The Labute approximate surface area is 159 Å². The highest BCUT2D eigenvalue weighted by atomic mass is 32.2. The molecule has 3 nitrogen and oxygen atoms in total. The summed E-state index contributed by atoms with van der Waals surface area (Å²) in [5, 5.41) is 0. The molecule has 4 rings (SSSR count). The normalized spacial score (nSPS) is 17.5. The summed E-state index contributed by atoms with van der Waals surface area (Å²) in [4.78, 5) is 13.7. The number of rotatable bonds is 4. The molecular formula is C20H15FO3S2. The Kier molecular flexibility index (Phi) is 4.78. The van der Waals surface area contributed by atoms with Crippen LogP contribution >= 0.6 is 23.5 Å². The largest absolute Gasteiger partial charge is 0.454 e. The van der Waals surface area contributed by atoms with Crippen molar-refractivity contribution in [2.75, 3.05) is 12.5 Å². The number of fused-ring (bicyclic) bond motifs is 1. The Morgan fingerprint density at radius 2 is 1.92 bits per heavy atom. The van der Waals surface area contributed by atoms with Gasteiger partial charge in [-0.3, -0.25) is 4.79 Å². The van der Waals surface area contributed by atoms with Crippen LogP contribution in [0.3, 0.4) is 0 Å². The quantitative estimate of drug-likeness (QED) is 0.664. The molecule has 0 aliphatic carbocycles. The Morgan fingerprint density at radius 3 is 2.69 bits per heavy atom. The van der Waals surface area contributed by atoms with E-state index in [-0.39, 0.29) is 18.4 Å². The molecule has 132 valence electrons. The third-order valence-corrected chi connectivity index (χ3v) is 6.23. The fourth-order valence-corrected chi connectivity index (χ4v) is 5.14. The Hall–Kier alpha value is -2.18. The molecule has 26 heavy (non-hydrogen) atoms. The molecule has 2 aromatic carbocycles. The average Bonchev–Trinajstić information content (AvgIpc) is 3.21. The third kappa shape index (κ3) is 3.27. The molecule has 0 fully saturated rings. The molecule has 2 aliphatic heterocycles. The summed E-state index contributed by atoms with van der Waals surface area (Å²) in [6, 6.07) is 11.7. The van der Waals surface area contributed by atoms with Gasteiger partial charge in [-0.25, -0.2) is 4.39 Å². The van der Waals surface area contributed by atoms with Gasteiger partial charge < -0.3 is 9.47 Å². The van der Waals surface area contributed by atoms with Gasteiger partial charge in [0.1, 0.15) is 5.82 Å². The lowest BCUT2D eigenvalue weighted by molar-refractivity contribution is -0.109. The zero-order valence-corrected chi connectivity index (χ0v) is 15.6. The number of benzene rings is 2. The van der Waals surface area contributed by atoms with Gasteiger partial charge in [0, 0.05) is 0 Å². The predicted octanol–water partition coefficient (Wildman–Crippen LogP) is 5.33. The molecule has 2 aromatic rings. The minimum absolute atomic E-state index is 0.0322. The van der Waals surface area contributed by atoms with Crippen LogP contribution in [0.1, 0.15) is 18.1 Å². The molecule has 0 unspecified atom stereocenters. The fourth-order valence-electron chi connectivity index (χ4n) is 2.76. The van der Waals surface area contributed by atoms with E-state index in [1.54, 1.807) is 23.9 Å². The number of hydrogen-bond donors (Lipinski definition) is 0. The number of ether oxygens (including phenoxy) is 2.